The lowest BCUT2D eigenvalue weighted by molar-refractivity contribution is -0.115. The Morgan fingerprint density at radius 1 is 0.795 bits per heavy atom. The number of para-hydroxylation sites is 2. The van der Waals surface area contributed by atoms with Crippen LogP contribution in [0.2, 0.25) is 0 Å². The topological polar surface area (TPSA) is 72.7 Å². The molecule has 0 fully saturated rings. The fraction of sp³-hybridized carbons (Fsp3) is 0.576. The van der Waals surface area contributed by atoms with Crippen molar-refractivity contribution in [2.45, 2.75) is 124 Å². The summed E-state index contributed by atoms with van der Waals surface area (Å²) in [4.78, 5) is 14.6. The number of aromatic nitrogens is 4. The Labute approximate surface area is 236 Å². The van der Waals surface area contributed by atoms with E-state index in [1.807, 2.05) is 12.1 Å². The molecule has 212 valence electrons. The van der Waals surface area contributed by atoms with E-state index in [2.05, 4.69) is 85.7 Å². The van der Waals surface area contributed by atoms with Crippen LogP contribution in [0.5, 0.6) is 0 Å². The summed E-state index contributed by atoms with van der Waals surface area (Å²) in [6.45, 7) is 10.9. The fourth-order valence-electron chi connectivity index (χ4n) is 5.16. The van der Waals surface area contributed by atoms with Gasteiger partial charge in [0.25, 0.3) is 0 Å². The Morgan fingerprint density at radius 3 is 2.00 bits per heavy atom. The van der Waals surface area contributed by atoms with E-state index in [0.717, 1.165) is 35.3 Å². The van der Waals surface area contributed by atoms with Gasteiger partial charge in [0, 0.05) is 5.69 Å². The molecule has 1 N–H and O–H groups in total. The zero-order chi connectivity index (χ0) is 28.0. The minimum atomic E-state index is -0.122. The number of amides is 1. The summed E-state index contributed by atoms with van der Waals surface area (Å²) in [5.41, 5.74) is 5.37. The molecule has 39 heavy (non-hydrogen) atoms. The number of nitrogens with zero attached hydrogens (tertiary/aromatic N) is 4. The first-order valence-corrected chi connectivity index (χ1v) is 15.2. The summed E-state index contributed by atoms with van der Waals surface area (Å²) in [7, 11) is 0. The minimum Gasteiger partial charge on any atom is -0.325 e. The molecule has 3 aromatic rings. The molecular formula is C33H49N5O. The zero-order valence-corrected chi connectivity index (χ0v) is 24.9. The van der Waals surface area contributed by atoms with Gasteiger partial charge in [0.05, 0.1) is 12.1 Å². The van der Waals surface area contributed by atoms with Gasteiger partial charge in [-0.25, -0.2) is 0 Å². The van der Waals surface area contributed by atoms with E-state index in [1.165, 1.54) is 63.4 Å². The van der Waals surface area contributed by atoms with Crippen LogP contribution in [0.3, 0.4) is 0 Å². The minimum absolute atomic E-state index is 0.0879. The molecule has 1 amide bonds. The Morgan fingerprint density at radius 2 is 1.38 bits per heavy atom. The molecule has 6 heteroatoms. The average molecular weight is 532 g/mol. The number of anilines is 1. The molecule has 3 rings (SSSR count). The molecule has 0 aliphatic rings. The molecule has 6 nitrogen and oxygen atoms in total. The van der Waals surface area contributed by atoms with E-state index in [4.69, 9.17) is 0 Å². The van der Waals surface area contributed by atoms with Gasteiger partial charge in [-0.3, -0.25) is 4.79 Å². The van der Waals surface area contributed by atoms with Gasteiger partial charge in [0.2, 0.25) is 5.91 Å². The monoisotopic (exact) mass is 531 g/mol. The molecule has 1 heterocycles. The van der Waals surface area contributed by atoms with Gasteiger partial charge in [0.1, 0.15) is 0 Å². The van der Waals surface area contributed by atoms with Crippen LogP contribution >= 0.6 is 0 Å². The number of nitrogens with one attached hydrogen (secondary N) is 1. The normalized spacial score (nSPS) is 11.5. The van der Waals surface area contributed by atoms with E-state index in [0.29, 0.717) is 17.7 Å². The van der Waals surface area contributed by atoms with Crippen molar-refractivity contribution >= 4 is 11.6 Å². The molecule has 0 radical (unpaired) electrons. The van der Waals surface area contributed by atoms with Crippen molar-refractivity contribution in [3.63, 3.8) is 0 Å². The molecular weight excluding hydrogens is 482 g/mol. The highest BCUT2D eigenvalue weighted by Gasteiger charge is 2.18. The van der Waals surface area contributed by atoms with Crippen molar-refractivity contribution in [2.75, 3.05) is 5.32 Å². The van der Waals surface area contributed by atoms with Crippen LogP contribution in [0.25, 0.3) is 5.69 Å². The van der Waals surface area contributed by atoms with E-state index in [-0.39, 0.29) is 12.3 Å². The van der Waals surface area contributed by atoms with Gasteiger partial charge >= 0.3 is 0 Å². The molecule has 1 aromatic heterocycles. The largest absolute Gasteiger partial charge is 0.325 e. The molecule has 0 bridgehead atoms. The Bertz CT molecular complexity index is 1120. The van der Waals surface area contributed by atoms with Crippen molar-refractivity contribution in [2.24, 2.45) is 0 Å². The maximum Gasteiger partial charge on any atom is 0.232 e. The van der Waals surface area contributed by atoms with Gasteiger partial charge < -0.3 is 5.32 Å². The average Bonchev–Trinajstić information content (AvgIpc) is 3.37. The first-order valence-electron chi connectivity index (χ1n) is 15.2. The first-order chi connectivity index (χ1) is 18.9. The summed E-state index contributed by atoms with van der Waals surface area (Å²) in [6.07, 6.45) is 14.3. The van der Waals surface area contributed by atoms with Crippen molar-refractivity contribution in [1.29, 1.82) is 0 Å². The maximum atomic E-state index is 13.0. The highest BCUT2D eigenvalue weighted by Crippen LogP contribution is 2.32. The second kappa shape index (κ2) is 16.2. The van der Waals surface area contributed by atoms with E-state index >= 15 is 0 Å². The van der Waals surface area contributed by atoms with Gasteiger partial charge in [-0.2, -0.15) is 0 Å². The van der Waals surface area contributed by atoms with Crippen LogP contribution in [0.4, 0.5) is 5.69 Å². The molecule has 0 aliphatic heterocycles. The quantitative estimate of drug-likeness (QED) is 0.177. The van der Waals surface area contributed by atoms with Crippen LogP contribution in [0, 0.1) is 0 Å². The Kier molecular flexibility index (Phi) is 12.7. The molecule has 2 aromatic carbocycles. The van der Waals surface area contributed by atoms with E-state index < -0.39 is 0 Å². The highest BCUT2D eigenvalue weighted by molar-refractivity contribution is 5.93. The van der Waals surface area contributed by atoms with Crippen LogP contribution in [0.15, 0.2) is 42.5 Å². The molecule has 0 saturated carbocycles. The second-order valence-electron chi connectivity index (χ2n) is 11.4. The third kappa shape index (κ3) is 9.59. The lowest BCUT2D eigenvalue weighted by Crippen LogP contribution is -2.18. The van der Waals surface area contributed by atoms with Crippen molar-refractivity contribution < 1.29 is 4.79 Å². The lowest BCUT2D eigenvalue weighted by Gasteiger charge is -2.20. The molecule has 0 spiro atoms. The van der Waals surface area contributed by atoms with Gasteiger partial charge in [-0.05, 0) is 52.6 Å². The number of tetrazole rings is 1. The van der Waals surface area contributed by atoms with Crippen LogP contribution in [0.1, 0.15) is 133 Å². The Balaban J connectivity index is 1.54. The molecule has 0 unspecified atom stereocenters. The van der Waals surface area contributed by atoms with E-state index in [1.54, 1.807) is 4.80 Å². The molecule has 0 aliphatic carbocycles. The second-order valence-corrected chi connectivity index (χ2v) is 11.4. The number of hydrogen-bond acceptors (Lipinski definition) is 4. The predicted octanol–water partition coefficient (Wildman–Crippen LogP) is 8.55. The summed E-state index contributed by atoms with van der Waals surface area (Å²) < 4.78 is 0. The van der Waals surface area contributed by atoms with Gasteiger partial charge in [-0.1, -0.05) is 129 Å². The predicted molar refractivity (Wildman–Crippen MR) is 162 cm³/mol. The number of rotatable bonds is 17. The number of aryl methyl sites for hydroxylation is 1. The highest BCUT2D eigenvalue weighted by atomic mass is 16.1. The standard InChI is InChI=1S/C33H49N5O/c1-6-7-8-9-10-11-12-13-14-15-19-27-20-16-17-23-30(27)38-36-31(35-37-38)24-32(39)34-33-28(25(2)3)21-18-22-29(33)26(4)5/h16-18,20-23,25-26H,6-15,19,24H2,1-5H3,(H,34,39). The maximum absolute atomic E-state index is 13.0. The van der Waals surface area contributed by atoms with Gasteiger partial charge in [-0.15, -0.1) is 15.0 Å². The lowest BCUT2D eigenvalue weighted by atomic mass is 9.92. The Hall–Kier alpha value is -3.02. The summed E-state index contributed by atoms with van der Waals surface area (Å²) in [5, 5.41) is 16.2. The molecule has 0 saturated heterocycles. The SMILES string of the molecule is CCCCCCCCCCCCc1ccccc1-n1nnc(CC(=O)Nc2c(C(C)C)cccc2C(C)C)n1. The third-order valence-electron chi connectivity index (χ3n) is 7.42. The van der Waals surface area contributed by atoms with Crippen LogP contribution in [-0.4, -0.2) is 26.1 Å². The van der Waals surface area contributed by atoms with Crippen molar-refractivity contribution in [3.05, 3.63) is 65.0 Å². The summed E-state index contributed by atoms with van der Waals surface area (Å²) in [6, 6.07) is 14.5. The first kappa shape index (κ1) is 30.5. The number of hydrogen-bond donors (Lipinski definition) is 1. The number of carbonyl (C=O) groups excluding carboxylic acids is 1. The van der Waals surface area contributed by atoms with Crippen LogP contribution < -0.4 is 5.32 Å². The summed E-state index contributed by atoms with van der Waals surface area (Å²) in [5.74, 6) is 0.924. The third-order valence-corrected chi connectivity index (χ3v) is 7.42. The van der Waals surface area contributed by atoms with E-state index in [9.17, 15) is 4.79 Å². The van der Waals surface area contributed by atoms with Crippen molar-refractivity contribution in [3.8, 4) is 5.69 Å². The fourth-order valence-corrected chi connectivity index (χ4v) is 5.16. The van der Waals surface area contributed by atoms with Gasteiger partial charge in [0.15, 0.2) is 5.82 Å². The van der Waals surface area contributed by atoms with Crippen LogP contribution in [-0.2, 0) is 17.6 Å². The number of benzene rings is 2. The number of unbranched alkanes of at least 4 members (excludes halogenated alkanes) is 9. The smallest absolute Gasteiger partial charge is 0.232 e. The van der Waals surface area contributed by atoms with Crippen molar-refractivity contribution in [1.82, 2.24) is 20.2 Å². The molecule has 0 atom stereocenters. The summed E-state index contributed by atoms with van der Waals surface area (Å²) >= 11 is 0. The zero-order valence-electron chi connectivity index (χ0n) is 24.9. The number of carbonyl (C=O) groups is 1.